The molecule has 2 N–H and O–H groups in total. The van der Waals surface area contributed by atoms with Crippen LogP contribution < -0.4 is 10.5 Å². The molecule has 1 aliphatic heterocycles. The Morgan fingerprint density at radius 3 is 2.73 bits per heavy atom. The largest absolute Gasteiger partial charge is 0.482 e. The molecule has 0 fully saturated rings. The summed E-state index contributed by atoms with van der Waals surface area (Å²) in [5.74, 6) is 0.388. The van der Waals surface area contributed by atoms with E-state index in [2.05, 4.69) is 6.07 Å². The maximum Gasteiger partial charge on any atom is 0.312 e. The molecule has 0 aliphatic carbocycles. The molecule has 1 radical (unpaired) electrons. The van der Waals surface area contributed by atoms with Gasteiger partial charge in [-0.25, -0.2) is 0 Å². The molecular weight excluding hydrogens is 355 g/mol. The van der Waals surface area contributed by atoms with E-state index in [0.717, 1.165) is 11.1 Å². The topological polar surface area (TPSA) is 61.5 Å². The third kappa shape index (κ3) is 2.96. The fourth-order valence-electron chi connectivity index (χ4n) is 2.84. The normalized spacial score (nSPS) is 18.8. The van der Waals surface area contributed by atoms with E-state index in [4.69, 9.17) is 15.2 Å². The number of fused-ring (bicyclic) bond motifs is 2. The zero-order chi connectivity index (χ0) is 14.8. The van der Waals surface area contributed by atoms with Crippen molar-refractivity contribution in [1.29, 1.82) is 0 Å². The summed E-state index contributed by atoms with van der Waals surface area (Å²) in [6.45, 7) is 0.322. The quantitative estimate of drug-likeness (QED) is 0.651. The standard InChI is InChI=1S/C17H16NO3.Y/c1-20-17(19)16-12-7-3-5-9-15(12)21-14-8-4-2-6-11(14)13(16)10-18;/h3-9,13,16H,10,18H2,1H3;/q-1;/t13-,16-;/m1./s1. The molecule has 2 aromatic carbocycles. The molecule has 0 saturated heterocycles. The van der Waals surface area contributed by atoms with E-state index < -0.39 is 5.92 Å². The average molecular weight is 371 g/mol. The maximum absolute atomic E-state index is 12.3. The van der Waals surface area contributed by atoms with E-state index in [1.165, 1.54) is 7.11 Å². The predicted molar refractivity (Wildman–Crippen MR) is 78.3 cm³/mol. The minimum Gasteiger partial charge on any atom is -0.482 e. The minimum atomic E-state index is -0.478. The van der Waals surface area contributed by atoms with Crippen LogP contribution in [0.5, 0.6) is 11.5 Å². The van der Waals surface area contributed by atoms with Crippen molar-refractivity contribution in [2.24, 2.45) is 5.73 Å². The van der Waals surface area contributed by atoms with Gasteiger partial charge in [-0.1, -0.05) is 18.2 Å². The molecular formula is C17H16NO3Y-. The van der Waals surface area contributed by atoms with Crippen molar-refractivity contribution in [3.8, 4) is 11.5 Å². The van der Waals surface area contributed by atoms with E-state index >= 15 is 0 Å². The molecule has 2 aromatic rings. The van der Waals surface area contributed by atoms with Crippen molar-refractivity contribution in [2.45, 2.75) is 11.8 Å². The molecule has 0 bridgehead atoms. The van der Waals surface area contributed by atoms with Gasteiger partial charge in [-0.05, 0) is 18.5 Å². The molecule has 3 rings (SSSR count). The molecule has 1 aliphatic rings. The van der Waals surface area contributed by atoms with Gasteiger partial charge in [0, 0.05) is 44.0 Å². The van der Waals surface area contributed by atoms with Crippen LogP contribution in [0, 0.1) is 6.07 Å². The Morgan fingerprint density at radius 1 is 1.27 bits per heavy atom. The van der Waals surface area contributed by atoms with Crippen LogP contribution in [-0.4, -0.2) is 19.6 Å². The number of para-hydroxylation sites is 1. The molecule has 22 heavy (non-hydrogen) atoms. The van der Waals surface area contributed by atoms with Gasteiger partial charge in [-0.2, -0.15) is 18.2 Å². The molecule has 0 amide bonds. The van der Waals surface area contributed by atoms with Crippen LogP contribution in [0.1, 0.15) is 23.0 Å². The summed E-state index contributed by atoms with van der Waals surface area (Å²) in [5, 5.41) is 0. The minimum absolute atomic E-state index is 0. The molecule has 0 saturated carbocycles. The zero-order valence-electron chi connectivity index (χ0n) is 12.3. The van der Waals surface area contributed by atoms with Crippen LogP contribution in [0.3, 0.4) is 0 Å². The number of rotatable bonds is 2. The second-order valence-electron chi connectivity index (χ2n) is 4.95. The van der Waals surface area contributed by atoms with Gasteiger partial charge < -0.3 is 15.2 Å². The fraction of sp³-hybridized carbons (Fsp3) is 0.235. The monoisotopic (exact) mass is 371 g/mol. The summed E-state index contributed by atoms with van der Waals surface area (Å²) in [6.07, 6.45) is 0. The van der Waals surface area contributed by atoms with Crippen LogP contribution >= 0.6 is 0 Å². The average Bonchev–Trinajstić information content (AvgIpc) is 2.67. The van der Waals surface area contributed by atoms with Gasteiger partial charge in [-0.15, -0.1) is 11.6 Å². The number of hydrogen-bond acceptors (Lipinski definition) is 4. The van der Waals surface area contributed by atoms with Crippen LogP contribution in [0.15, 0.2) is 42.5 Å². The summed E-state index contributed by atoms with van der Waals surface area (Å²) in [5.41, 5.74) is 7.63. The van der Waals surface area contributed by atoms with Gasteiger partial charge in [0.1, 0.15) is 5.75 Å². The van der Waals surface area contributed by atoms with Crippen molar-refractivity contribution < 1.29 is 47.0 Å². The van der Waals surface area contributed by atoms with E-state index in [0.29, 0.717) is 18.0 Å². The molecule has 1 heterocycles. The van der Waals surface area contributed by atoms with Crippen LogP contribution in [0.25, 0.3) is 0 Å². The molecule has 111 valence electrons. The van der Waals surface area contributed by atoms with Crippen LogP contribution in [0.4, 0.5) is 0 Å². The Hall–Kier alpha value is -1.23. The third-order valence-corrected chi connectivity index (χ3v) is 3.84. The first-order chi connectivity index (χ1) is 10.3. The van der Waals surface area contributed by atoms with Gasteiger partial charge in [0.25, 0.3) is 0 Å². The Morgan fingerprint density at radius 2 is 2.00 bits per heavy atom. The summed E-state index contributed by atoms with van der Waals surface area (Å²) < 4.78 is 11.0. The van der Waals surface area contributed by atoms with Crippen LogP contribution in [-0.2, 0) is 42.2 Å². The van der Waals surface area contributed by atoms with Crippen molar-refractivity contribution in [1.82, 2.24) is 0 Å². The molecule has 4 nitrogen and oxygen atoms in total. The number of esters is 1. The number of carbonyl (C=O) groups is 1. The summed E-state index contributed by atoms with van der Waals surface area (Å²) in [6, 6.07) is 16.0. The number of carbonyl (C=O) groups excluding carboxylic acids is 1. The maximum atomic E-state index is 12.3. The molecule has 5 heteroatoms. The predicted octanol–water partition coefficient (Wildman–Crippen LogP) is 2.59. The Bertz CT molecular complexity index is 674. The molecule has 0 unspecified atom stereocenters. The van der Waals surface area contributed by atoms with Crippen molar-refractivity contribution in [2.75, 3.05) is 13.7 Å². The number of ether oxygens (including phenoxy) is 2. The first-order valence-electron chi connectivity index (χ1n) is 6.81. The summed E-state index contributed by atoms with van der Waals surface area (Å²) in [7, 11) is 1.39. The van der Waals surface area contributed by atoms with Crippen LogP contribution in [0.2, 0.25) is 0 Å². The summed E-state index contributed by atoms with van der Waals surface area (Å²) >= 11 is 0. The van der Waals surface area contributed by atoms with E-state index in [1.807, 2.05) is 36.4 Å². The number of benzene rings is 2. The first-order valence-corrected chi connectivity index (χ1v) is 6.81. The van der Waals surface area contributed by atoms with E-state index in [9.17, 15) is 4.79 Å². The van der Waals surface area contributed by atoms with Gasteiger partial charge in [-0.3, -0.25) is 4.79 Å². The van der Waals surface area contributed by atoms with Gasteiger partial charge in [0.2, 0.25) is 0 Å². The molecule has 2 atom stereocenters. The first kappa shape index (κ1) is 17.1. The second-order valence-corrected chi connectivity index (χ2v) is 4.95. The van der Waals surface area contributed by atoms with E-state index in [1.54, 1.807) is 6.07 Å². The van der Waals surface area contributed by atoms with E-state index in [-0.39, 0.29) is 44.6 Å². The Kier molecular flexibility index (Phi) is 5.73. The van der Waals surface area contributed by atoms with Gasteiger partial charge in [0.05, 0.1) is 13.0 Å². The Balaban J connectivity index is 0.00000176. The van der Waals surface area contributed by atoms with Gasteiger partial charge in [0.15, 0.2) is 0 Å². The number of hydrogen-bond donors (Lipinski definition) is 1. The van der Waals surface area contributed by atoms with Crippen molar-refractivity contribution >= 4 is 5.97 Å². The smallest absolute Gasteiger partial charge is 0.312 e. The Labute approximate surface area is 154 Å². The summed E-state index contributed by atoms with van der Waals surface area (Å²) in [4.78, 5) is 12.3. The fourth-order valence-corrected chi connectivity index (χ4v) is 2.84. The van der Waals surface area contributed by atoms with Crippen molar-refractivity contribution in [3.63, 3.8) is 0 Å². The SMILES string of the molecule is COC(=O)[C@@H]1c2ccccc2Oc2cc[c-]cc2[C@H]1CN.[Y]. The van der Waals surface area contributed by atoms with Crippen molar-refractivity contribution in [3.05, 3.63) is 59.7 Å². The number of nitrogens with two attached hydrogens (primary N) is 1. The van der Waals surface area contributed by atoms with Gasteiger partial charge >= 0.3 is 5.97 Å². The molecule has 0 aromatic heterocycles. The molecule has 0 spiro atoms. The second kappa shape index (κ2) is 7.36. The zero-order valence-corrected chi connectivity index (χ0v) is 15.1. The number of methoxy groups -OCH3 is 1. The third-order valence-electron chi connectivity index (χ3n) is 3.84.